The molecular formula is C23H31BrN2O2. The van der Waals surface area contributed by atoms with E-state index in [0.29, 0.717) is 6.61 Å². The molecule has 0 radical (unpaired) electrons. The molecule has 0 spiro atoms. The molecule has 2 aromatic carbocycles. The molecule has 0 fully saturated rings. The number of halogens is 1. The maximum Gasteiger partial charge on any atom is 0.161 e. The van der Waals surface area contributed by atoms with E-state index in [1.165, 1.54) is 22.3 Å². The van der Waals surface area contributed by atoms with Gasteiger partial charge in [-0.05, 0) is 73.0 Å². The van der Waals surface area contributed by atoms with Crippen molar-refractivity contribution in [3.05, 3.63) is 57.1 Å². The van der Waals surface area contributed by atoms with Crippen molar-refractivity contribution in [1.82, 2.24) is 10.2 Å². The van der Waals surface area contributed by atoms with Crippen LogP contribution < -0.4 is 14.8 Å². The van der Waals surface area contributed by atoms with E-state index in [-0.39, 0.29) is 6.04 Å². The smallest absolute Gasteiger partial charge is 0.161 e. The lowest BCUT2D eigenvalue weighted by molar-refractivity contribution is 0.217. The Bertz CT molecular complexity index is 785. The maximum absolute atomic E-state index is 6.16. The molecule has 28 heavy (non-hydrogen) atoms. The lowest BCUT2D eigenvalue weighted by Gasteiger charge is -2.29. The van der Waals surface area contributed by atoms with Gasteiger partial charge in [-0.15, -0.1) is 0 Å². The molecule has 152 valence electrons. The van der Waals surface area contributed by atoms with Gasteiger partial charge in [-0.25, -0.2) is 0 Å². The van der Waals surface area contributed by atoms with E-state index in [1.807, 2.05) is 0 Å². The fraction of sp³-hybridized carbons (Fsp3) is 0.478. The topological polar surface area (TPSA) is 33.7 Å². The fourth-order valence-electron chi connectivity index (χ4n) is 3.89. The quantitative estimate of drug-likeness (QED) is 0.635. The number of likely N-dealkylation sites (N-methyl/N-ethyl adjacent to an activating group) is 1. The highest BCUT2D eigenvalue weighted by Gasteiger charge is 2.24. The first-order valence-electron chi connectivity index (χ1n) is 10.1. The van der Waals surface area contributed by atoms with E-state index in [2.05, 4.69) is 77.2 Å². The number of hydrogen-bond acceptors (Lipinski definition) is 4. The largest absolute Gasteiger partial charge is 0.493 e. The van der Waals surface area contributed by atoms with Gasteiger partial charge in [0.1, 0.15) is 6.61 Å². The first kappa shape index (κ1) is 21.2. The summed E-state index contributed by atoms with van der Waals surface area (Å²) >= 11 is 3.64. The van der Waals surface area contributed by atoms with Gasteiger partial charge in [-0.2, -0.15) is 0 Å². The van der Waals surface area contributed by atoms with Crippen LogP contribution in [0.2, 0.25) is 0 Å². The van der Waals surface area contributed by atoms with Gasteiger partial charge in [0.25, 0.3) is 0 Å². The molecule has 1 atom stereocenters. The van der Waals surface area contributed by atoms with Crippen LogP contribution in [-0.4, -0.2) is 44.8 Å². The van der Waals surface area contributed by atoms with Crippen molar-refractivity contribution in [2.45, 2.75) is 33.2 Å². The van der Waals surface area contributed by atoms with Crippen LogP contribution in [0.1, 0.15) is 42.1 Å². The van der Waals surface area contributed by atoms with Gasteiger partial charge in [-0.1, -0.05) is 35.8 Å². The summed E-state index contributed by atoms with van der Waals surface area (Å²) in [6.07, 6.45) is 0.995. The molecule has 5 heteroatoms. The van der Waals surface area contributed by atoms with Crippen molar-refractivity contribution in [3.63, 3.8) is 0 Å². The van der Waals surface area contributed by atoms with Crippen LogP contribution in [0.3, 0.4) is 0 Å². The molecular weight excluding hydrogens is 416 g/mol. The average Bonchev–Trinajstić information content (AvgIpc) is 2.69. The van der Waals surface area contributed by atoms with Crippen LogP contribution >= 0.6 is 15.9 Å². The minimum absolute atomic E-state index is 0.163. The molecule has 3 rings (SSSR count). The van der Waals surface area contributed by atoms with Gasteiger partial charge in [0, 0.05) is 17.6 Å². The zero-order chi connectivity index (χ0) is 20.1. The minimum atomic E-state index is 0.163. The van der Waals surface area contributed by atoms with Crippen LogP contribution in [-0.2, 0) is 6.42 Å². The summed E-state index contributed by atoms with van der Waals surface area (Å²) in [6.45, 7) is 11.1. The Morgan fingerprint density at radius 3 is 2.57 bits per heavy atom. The third-order valence-corrected chi connectivity index (χ3v) is 5.89. The summed E-state index contributed by atoms with van der Waals surface area (Å²) in [7, 11) is 1.72. The third-order valence-electron chi connectivity index (χ3n) is 5.44. The fourth-order valence-corrected chi connectivity index (χ4v) is 4.52. The Hall–Kier alpha value is -1.56. The van der Waals surface area contributed by atoms with E-state index in [1.54, 1.807) is 7.11 Å². The SMILES string of the molecule is CCN(CC)CCOc1cc2c(cc1OC)CCNC2c1cc(C)cc(Br)c1. The summed E-state index contributed by atoms with van der Waals surface area (Å²) < 4.78 is 12.9. The number of rotatable bonds is 8. The summed E-state index contributed by atoms with van der Waals surface area (Å²) in [4.78, 5) is 2.36. The molecule has 0 aromatic heterocycles. The van der Waals surface area contributed by atoms with Crippen molar-refractivity contribution in [2.75, 3.05) is 39.9 Å². The minimum Gasteiger partial charge on any atom is -0.493 e. The monoisotopic (exact) mass is 446 g/mol. The van der Waals surface area contributed by atoms with E-state index >= 15 is 0 Å². The molecule has 0 saturated heterocycles. The van der Waals surface area contributed by atoms with Crippen LogP contribution in [0.25, 0.3) is 0 Å². The number of fused-ring (bicyclic) bond motifs is 1. The standard InChI is InChI=1S/C23H31BrN2O2/c1-5-26(6-2)9-10-28-22-15-20-17(14-21(22)27-4)7-8-25-23(20)18-11-16(3)12-19(24)13-18/h11-15,23,25H,5-10H2,1-4H3. The second kappa shape index (κ2) is 9.77. The van der Waals surface area contributed by atoms with Crippen molar-refractivity contribution >= 4 is 15.9 Å². The van der Waals surface area contributed by atoms with Gasteiger partial charge < -0.3 is 19.7 Å². The molecule has 1 unspecified atom stereocenters. The predicted octanol–water partition coefficient (Wildman–Crippen LogP) is 4.72. The number of ether oxygens (including phenoxy) is 2. The lowest BCUT2D eigenvalue weighted by atomic mass is 9.89. The van der Waals surface area contributed by atoms with Crippen LogP contribution in [0.4, 0.5) is 0 Å². The Balaban J connectivity index is 1.89. The van der Waals surface area contributed by atoms with Crippen LogP contribution in [0.15, 0.2) is 34.8 Å². The first-order chi connectivity index (χ1) is 13.5. The molecule has 1 N–H and O–H groups in total. The van der Waals surface area contributed by atoms with Crippen molar-refractivity contribution in [1.29, 1.82) is 0 Å². The summed E-state index contributed by atoms with van der Waals surface area (Å²) in [6, 6.07) is 11.1. The molecule has 0 bridgehead atoms. The molecule has 2 aromatic rings. The zero-order valence-electron chi connectivity index (χ0n) is 17.3. The summed E-state index contributed by atoms with van der Waals surface area (Å²) in [5.74, 6) is 1.65. The van der Waals surface area contributed by atoms with Crippen molar-refractivity contribution in [3.8, 4) is 11.5 Å². The predicted molar refractivity (Wildman–Crippen MR) is 119 cm³/mol. The molecule has 4 nitrogen and oxygen atoms in total. The Morgan fingerprint density at radius 2 is 1.89 bits per heavy atom. The Labute approximate surface area is 177 Å². The lowest BCUT2D eigenvalue weighted by Crippen LogP contribution is -2.31. The molecule has 0 aliphatic carbocycles. The normalized spacial score (nSPS) is 16.1. The number of nitrogens with zero attached hydrogens (tertiary/aromatic N) is 1. The second-order valence-corrected chi connectivity index (χ2v) is 8.19. The molecule has 1 aliphatic rings. The highest BCUT2D eigenvalue weighted by atomic mass is 79.9. The maximum atomic E-state index is 6.16. The highest BCUT2D eigenvalue weighted by Crippen LogP contribution is 2.38. The Morgan fingerprint density at radius 1 is 1.11 bits per heavy atom. The van der Waals surface area contributed by atoms with E-state index in [4.69, 9.17) is 9.47 Å². The number of nitrogens with one attached hydrogen (secondary N) is 1. The van der Waals surface area contributed by atoms with Gasteiger partial charge in [0.05, 0.1) is 13.2 Å². The van der Waals surface area contributed by atoms with Gasteiger partial charge >= 0.3 is 0 Å². The van der Waals surface area contributed by atoms with Gasteiger partial charge in [0.2, 0.25) is 0 Å². The Kier molecular flexibility index (Phi) is 7.38. The van der Waals surface area contributed by atoms with E-state index in [0.717, 1.165) is 48.6 Å². The van der Waals surface area contributed by atoms with E-state index < -0.39 is 0 Å². The summed E-state index contributed by atoms with van der Waals surface area (Å²) in [5, 5.41) is 3.68. The molecule has 0 amide bonds. The molecule has 1 aliphatic heterocycles. The average molecular weight is 447 g/mol. The summed E-state index contributed by atoms with van der Waals surface area (Å²) in [5.41, 5.74) is 5.13. The molecule has 1 heterocycles. The number of benzene rings is 2. The zero-order valence-corrected chi connectivity index (χ0v) is 18.9. The van der Waals surface area contributed by atoms with E-state index in [9.17, 15) is 0 Å². The first-order valence-corrected chi connectivity index (χ1v) is 10.9. The van der Waals surface area contributed by atoms with Gasteiger partial charge in [-0.3, -0.25) is 0 Å². The van der Waals surface area contributed by atoms with Gasteiger partial charge in [0.15, 0.2) is 11.5 Å². The van der Waals surface area contributed by atoms with Crippen LogP contribution in [0.5, 0.6) is 11.5 Å². The highest BCUT2D eigenvalue weighted by molar-refractivity contribution is 9.10. The number of hydrogen-bond donors (Lipinski definition) is 1. The third kappa shape index (κ3) is 4.88. The van der Waals surface area contributed by atoms with Crippen molar-refractivity contribution in [2.24, 2.45) is 0 Å². The number of aryl methyl sites for hydroxylation is 1. The van der Waals surface area contributed by atoms with Crippen LogP contribution in [0, 0.1) is 6.92 Å². The molecule has 0 saturated carbocycles. The second-order valence-electron chi connectivity index (χ2n) is 7.28. The van der Waals surface area contributed by atoms with Crippen molar-refractivity contribution < 1.29 is 9.47 Å². The number of methoxy groups -OCH3 is 1.